The highest BCUT2D eigenvalue weighted by Gasteiger charge is 2.35. The quantitative estimate of drug-likeness (QED) is 0.921. The van der Waals surface area contributed by atoms with Gasteiger partial charge < -0.3 is 15.0 Å². The van der Waals surface area contributed by atoms with Gasteiger partial charge in [-0.2, -0.15) is 0 Å². The number of benzene rings is 1. The highest BCUT2D eigenvalue weighted by atomic mass is 16.5. The number of amides is 1. The number of piperidine rings is 1. The SMILES string of the molecule is Cc1cccc(OCCC(=O)N2CC3CCCNC3C2)c1. The fourth-order valence-corrected chi connectivity index (χ4v) is 3.37. The van der Waals surface area contributed by atoms with E-state index in [1.54, 1.807) is 0 Å². The van der Waals surface area contributed by atoms with Gasteiger partial charge in [0.25, 0.3) is 0 Å². The zero-order valence-electron chi connectivity index (χ0n) is 12.7. The molecule has 1 aromatic carbocycles. The molecule has 0 aliphatic carbocycles. The van der Waals surface area contributed by atoms with Crippen LogP contribution >= 0.6 is 0 Å². The second kappa shape index (κ2) is 6.48. The topological polar surface area (TPSA) is 41.6 Å². The first kappa shape index (κ1) is 14.4. The molecule has 2 aliphatic rings. The van der Waals surface area contributed by atoms with Crippen molar-refractivity contribution < 1.29 is 9.53 Å². The lowest BCUT2D eigenvalue weighted by Crippen LogP contribution is -2.41. The maximum absolute atomic E-state index is 12.3. The predicted molar refractivity (Wildman–Crippen MR) is 82.4 cm³/mol. The summed E-state index contributed by atoms with van der Waals surface area (Å²) in [5.74, 6) is 1.72. The van der Waals surface area contributed by atoms with Crippen LogP contribution in [-0.4, -0.2) is 43.1 Å². The molecule has 2 heterocycles. The van der Waals surface area contributed by atoms with Crippen molar-refractivity contribution >= 4 is 5.91 Å². The van der Waals surface area contributed by atoms with E-state index < -0.39 is 0 Å². The summed E-state index contributed by atoms with van der Waals surface area (Å²) >= 11 is 0. The van der Waals surface area contributed by atoms with E-state index in [1.807, 2.05) is 36.1 Å². The Kier molecular flexibility index (Phi) is 4.44. The van der Waals surface area contributed by atoms with E-state index in [-0.39, 0.29) is 5.91 Å². The van der Waals surface area contributed by atoms with Crippen molar-refractivity contribution in [3.05, 3.63) is 29.8 Å². The van der Waals surface area contributed by atoms with Gasteiger partial charge in [-0.3, -0.25) is 4.79 Å². The van der Waals surface area contributed by atoms with Gasteiger partial charge in [0.05, 0.1) is 13.0 Å². The first-order valence-corrected chi connectivity index (χ1v) is 7.93. The van der Waals surface area contributed by atoms with E-state index in [9.17, 15) is 4.79 Å². The molecule has 0 bridgehead atoms. The molecule has 1 amide bonds. The molecule has 0 saturated carbocycles. The summed E-state index contributed by atoms with van der Waals surface area (Å²) in [6.07, 6.45) is 2.95. The van der Waals surface area contributed by atoms with Crippen molar-refractivity contribution in [1.82, 2.24) is 10.2 Å². The van der Waals surface area contributed by atoms with Crippen molar-refractivity contribution in [2.24, 2.45) is 5.92 Å². The minimum absolute atomic E-state index is 0.221. The van der Waals surface area contributed by atoms with Crippen molar-refractivity contribution in [2.45, 2.75) is 32.2 Å². The number of carbonyl (C=O) groups is 1. The Balaban J connectivity index is 1.44. The molecular formula is C17H24N2O2. The molecule has 4 heteroatoms. The molecule has 3 rings (SSSR count). The minimum Gasteiger partial charge on any atom is -0.493 e. The fraction of sp³-hybridized carbons (Fsp3) is 0.588. The van der Waals surface area contributed by atoms with E-state index in [4.69, 9.17) is 4.74 Å². The van der Waals surface area contributed by atoms with Gasteiger partial charge in [-0.05, 0) is 49.9 Å². The smallest absolute Gasteiger partial charge is 0.226 e. The van der Waals surface area contributed by atoms with E-state index in [0.29, 0.717) is 25.0 Å². The highest BCUT2D eigenvalue weighted by Crippen LogP contribution is 2.25. The number of fused-ring (bicyclic) bond motifs is 1. The Morgan fingerprint density at radius 1 is 1.43 bits per heavy atom. The second-order valence-electron chi connectivity index (χ2n) is 6.18. The molecule has 0 spiro atoms. The first-order valence-electron chi connectivity index (χ1n) is 7.93. The van der Waals surface area contributed by atoms with Gasteiger partial charge in [0, 0.05) is 19.1 Å². The summed E-state index contributed by atoms with van der Waals surface area (Å²) in [6.45, 7) is 5.38. The Hall–Kier alpha value is -1.55. The zero-order valence-corrected chi connectivity index (χ0v) is 12.7. The average molecular weight is 288 g/mol. The van der Waals surface area contributed by atoms with E-state index in [1.165, 1.54) is 18.4 Å². The van der Waals surface area contributed by atoms with Gasteiger partial charge >= 0.3 is 0 Å². The average Bonchev–Trinajstić information content (AvgIpc) is 2.91. The normalized spacial score (nSPS) is 24.7. The number of likely N-dealkylation sites (tertiary alicyclic amines) is 1. The van der Waals surface area contributed by atoms with Crippen LogP contribution in [0.15, 0.2) is 24.3 Å². The van der Waals surface area contributed by atoms with Crippen LogP contribution in [0.5, 0.6) is 5.75 Å². The highest BCUT2D eigenvalue weighted by molar-refractivity contribution is 5.76. The summed E-state index contributed by atoms with van der Waals surface area (Å²) in [5.41, 5.74) is 1.17. The molecule has 2 saturated heterocycles. The largest absolute Gasteiger partial charge is 0.493 e. The fourth-order valence-electron chi connectivity index (χ4n) is 3.37. The molecule has 0 aromatic heterocycles. The van der Waals surface area contributed by atoms with Gasteiger partial charge in [-0.15, -0.1) is 0 Å². The lowest BCUT2D eigenvalue weighted by molar-refractivity contribution is -0.130. The Morgan fingerprint density at radius 3 is 3.14 bits per heavy atom. The Morgan fingerprint density at radius 2 is 2.33 bits per heavy atom. The molecule has 2 fully saturated rings. The van der Waals surface area contributed by atoms with Crippen LogP contribution in [0.3, 0.4) is 0 Å². The van der Waals surface area contributed by atoms with Crippen LogP contribution in [0.1, 0.15) is 24.8 Å². The Labute approximate surface area is 126 Å². The molecule has 1 aromatic rings. The molecule has 2 unspecified atom stereocenters. The van der Waals surface area contributed by atoms with Gasteiger partial charge in [0.2, 0.25) is 5.91 Å². The maximum atomic E-state index is 12.3. The monoisotopic (exact) mass is 288 g/mol. The zero-order chi connectivity index (χ0) is 14.7. The minimum atomic E-state index is 0.221. The van der Waals surface area contributed by atoms with Crippen LogP contribution in [0.4, 0.5) is 0 Å². The van der Waals surface area contributed by atoms with Crippen LogP contribution in [-0.2, 0) is 4.79 Å². The van der Waals surface area contributed by atoms with Crippen molar-refractivity contribution in [3.63, 3.8) is 0 Å². The third-order valence-corrected chi connectivity index (χ3v) is 4.53. The third kappa shape index (κ3) is 3.56. The van der Waals surface area contributed by atoms with E-state index >= 15 is 0 Å². The molecule has 2 atom stereocenters. The maximum Gasteiger partial charge on any atom is 0.226 e. The predicted octanol–water partition coefficient (Wildman–Crippen LogP) is 1.97. The van der Waals surface area contributed by atoms with Crippen molar-refractivity contribution in [3.8, 4) is 5.75 Å². The standard InChI is InChI=1S/C17H24N2O2/c1-13-4-2-6-15(10-13)21-9-7-17(20)19-11-14-5-3-8-18-16(14)12-19/h2,4,6,10,14,16,18H,3,5,7-9,11-12H2,1H3. The Bertz CT molecular complexity index is 489. The van der Waals surface area contributed by atoms with Crippen molar-refractivity contribution in [2.75, 3.05) is 26.2 Å². The van der Waals surface area contributed by atoms with E-state index in [2.05, 4.69) is 5.32 Å². The van der Waals surface area contributed by atoms with Crippen LogP contribution < -0.4 is 10.1 Å². The van der Waals surface area contributed by atoms with Gasteiger partial charge in [0.1, 0.15) is 5.75 Å². The van der Waals surface area contributed by atoms with Crippen molar-refractivity contribution in [1.29, 1.82) is 0 Å². The van der Waals surface area contributed by atoms with Crippen LogP contribution in [0.25, 0.3) is 0 Å². The molecule has 4 nitrogen and oxygen atoms in total. The van der Waals surface area contributed by atoms with Gasteiger partial charge in [0.15, 0.2) is 0 Å². The number of hydrogen-bond acceptors (Lipinski definition) is 3. The third-order valence-electron chi connectivity index (χ3n) is 4.53. The first-order chi connectivity index (χ1) is 10.2. The molecule has 114 valence electrons. The lowest BCUT2D eigenvalue weighted by atomic mass is 9.94. The van der Waals surface area contributed by atoms with Crippen LogP contribution in [0, 0.1) is 12.8 Å². The lowest BCUT2D eigenvalue weighted by Gasteiger charge is -2.24. The van der Waals surface area contributed by atoms with Crippen LogP contribution in [0.2, 0.25) is 0 Å². The van der Waals surface area contributed by atoms with E-state index in [0.717, 1.165) is 25.4 Å². The summed E-state index contributed by atoms with van der Waals surface area (Å²) in [6, 6.07) is 8.46. The summed E-state index contributed by atoms with van der Waals surface area (Å²) in [5, 5.41) is 3.53. The van der Waals surface area contributed by atoms with Gasteiger partial charge in [-0.1, -0.05) is 12.1 Å². The summed E-state index contributed by atoms with van der Waals surface area (Å²) in [7, 11) is 0. The summed E-state index contributed by atoms with van der Waals surface area (Å²) in [4.78, 5) is 14.3. The molecular weight excluding hydrogens is 264 g/mol. The summed E-state index contributed by atoms with van der Waals surface area (Å²) < 4.78 is 5.67. The number of nitrogens with zero attached hydrogens (tertiary/aromatic N) is 1. The number of carbonyl (C=O) groups excluding carboxylic acids is 1. The molecule has 1 N–H and O–H groups in total. The number of ether oxygens (including phenoxy) is 1. The molecule has 0 radical (unpaired) electrons. The number of nitrogens with one attached hydrogen (secondary N) is 1. The number of hydrogen-bond donors (Lipinski definition) is 1. The molecule has 2 aliphatic heterocycles. The number of aryl methyl sites for hydroxylation is 1. The number of rotatable bonds is 4. The second-order valence-corrected chi connectivity index (χ2v) is 6.18. The van der Waals surface area contributed by atoms with Gasteiger partial charge in [-0.25, -0.2) is 0 Å². The molecule has 21 heavy (non-hydrogen) atoms.